The molecule has 26 heavy (non-hydrogen) atoms. The van der Waals surface area contributed by atoms with E-state index < -0.39 is 0 Å². The number of fused-ring (bicyclic) bond motifs is 1. The molecule has 0 unspecified atom stereocenters. The number of benzene rings is 2. The molecule has 0 saturated heterocycles. The molecule has 1 aliphatic heterocycles. The van der Waals surface area contributed by atoms with Crippen LogP contribution in [-0.2, 0) is 6.42 Å². The number of nitrogens with one attached hydrogen (secondary N) is 2. The Balaban J connectivity index is 1.45. The highest BCUT2D eigenvalue weighted by Crippen LogP contribution is 2.33. The van der Waals surface area contributed by atoms with Crippen molar-refractivity contribution < 1.29 is 4.79 Å². The normalized spacial score (nSPS) is 13.0. The van der Waals surface area contributed by atoms with Gasteiger partial charge in [-0.1, -0.05) is 36.4 Å². The number of carbonyl (C=O) groups excluding carboxylic acids is 1. The molecule has 0 spiro atoms. The molecule has 0 saturated carbocycles. The number of para-hydroxylation sites is 2. The minimum Gasteiger partial charge on any atom is -0.340 e. The van der Waals surface area contributed by atoms with Crippen molar-refractivity contribution in [2.45, 2.75) is 12.8 Å². The first-order valence-corrected chi connectivity index (χ1v) is 8.74. The number of anilines is 4. The number of hydrogen-bond acceptors (Lipinski definition) is 3. The van der Waals surface area contributed by atoms with Crippen LogP contribution >= 0.6 is 0 Å². The third-order valence-electron chi connectivity index (χ3n) is 4.44. The van der Waals surface area contributed by atoms with Gasteiger partial charge < -0.3 is 10.2 Å². The zero-order chi connectivity index (χ0) is 17.8. The number of pyridine rings is 1. The van der Waals surface area contributed by atoms with E-state index in [1.54, 1.807) is 6.20 Å². The van der Waals surface area contributed by atoms with Gasteiger partial charge in [-0.05, 0) is 48.7 Å². The molecule has 4 rings (SSSR count). The van der Waals surface area contributed by atoms with E-state index in [-0.39, 0.29) is 6.03 Å². The summed E-state index contributed by atoms with van der Waals surface area (Å²) in [6, 6.07) is 21.3. The summed E-state index contributed by atoms with van der Waals surface area (Å²) in [5.41, 5.74) is 4.38. The summed E-state index contributed by atoms with van der Waals surface area (Å²) in [4.78, 5) is 18.7. The molecule has 0 bridgehead atoms. The Morgan fingerprint density at radius 2 is 1.73 bits per heavy atom. The maximum atomic E-state index is 12.1. The number of carbonyl (C=O) groups is 1. The molecule has 130 valence electrons. The highest BCUT2D eigenvalue weighted by atomic mass is 16.2. The Morgan fingerprint density at radius 3 is 2.54 bits per heavy atom. The van der Waals surface area contributed by atoms with E-state index >= 15 is 0 Å². The third kappa shape index (κ3) is 3.52. The lowest BCUT2D eigenvalue weighted by atomic mass is 10.0. The Bertz CT molecular complexity index is 893. The fraction of sp³-hybridized carbons (Fsp3) is 0.143. The van der Waals surface area contributed by atoms with E-state index in [4.69, 9.17) is 0 Å². The number of urea groups is 1. The quantitative estimate of drug-likeness (QED) is 0.717. The number of amides is 2. The summed E-state index contributed by atoms with van der Waals surface area (Å²) in [5.74, 6) is 0.521. The second kappa shape index (κ2) is 7.27. The van der Waals surface area contributed by atoms with Crippen LogP contribution in [0, 0.1) is 0 Å². The molecule has 1 aliphatic rings. The molecule has 2 N–H and O–H groups in total. The molecule has 0 atom stereocenters. The lowest BCUT2D eigenvalue weighted by molar-refractivity contribution is 0.262. The van der Waals surface area contributed by atoms with E-state index in [0.29, 0.717) is 5.82 Å². The van der Waals surface area contributed by atoms with E-state index in [1.165, 1.54) is 11.3 Å². The predicted molar refractivity (Wildman–Crippen MR) is 105 cm³/mol. The SMILES string of the molecule is O=C(Nc1ccccc1)Nc1ccc(N2CCCc3ccccc32)cn1. The molecule has 0 fully saturated rings. The van der Waals surface area contributed by atoms with Crippen molar-refractivity contribution in [1.29, 1.82) is 0 Å². The molecular weight excluding hydrogens is 324 g/mol. The average molecular weight is 344 g/mol. The van der Waals surface area contributed by atoms with Crippen LogP contribution in [0.1, 0.15) is 12.0 Å². The fourth-order valence-corrected chi connectivity index (χ4v) is 3.22. The van der Waals surface area contributed by atoms with Crippen molar-refractivity contribution >= 4 is 28.9 Å². The summed E-state index contributed by atoms with van der Waals surface area (Å²) >= 11 is 0. The number of aromatic nitrogens is 1. The molecule has 0 aliphatic carbocycles. The van der Waals surface area contributed by atoms with E-state index in [0.717, 1.165) is 30.8 Å². The van der Waals surface area contributed by atoms with Crippen molar-refractivity contribution in [2.75, 3.05) is 22.1 Å². The minimum absolute atomic E-state index is 0.306. The van der Waals surface area contributed by atoms with Gasteiger partial charge in [-0.25, -0.2) is 9.78 Å². The van der Waals surface area contributed by atoms with Crippen LogP contribution in [0.2, 0.25) is 0 Å². The van der Waals surface area contributed by atoms with Crippen LogP contribution in [-0.4, -0.2) is 17.6 Å². The van der Waals surface area contributed by atoms with Crippen LogP contribution in [0.5, 0.6) is 0 Å². The predicted octanol–water partition coefficient (Wildman–Crippen LogP) is 4.81. The van der Waals surface area contributed by atoms with Gasteiger partial charge in [0.1, 0.15) is 5.82 Å². The first kappa shape index (κ1) is 16.1. The summed E-state index contributed by atoms with van der Waals surface area (Å²) in [6.45, 7) is 0.972. The summed E-state index contributed by atoms with van der Waals surface area (Å²) in [7, 11) is 0. The van der Waals surface area contributed by atoms with Crippen LogP contribution in [0.4, 0.5) is 27.7 Å². The topological polar surface area (TPSA) is 57.3 Å². The Kier molecular flexibility index (Phi) is 4.51. The number of rotatable bonds is 3. The summed E-state index contributed by atoms with van der Waals surface area (Å²) in [5, 5.41) is 5.54. The molecule has 1 aromatic heterocycles. The van der Waals surface area contributed by atoms with Gasteiger partial charge in [0.2, 0.25) is 0 Å². The first-order chi connectivity index (χ1) is 12.8. The second-order valence-electron chi connectivity index (χ2n) is 6.23. The van der Waals surface area contributed by atoms with Gasteiger partial charge in [0.15, 0.2) is 0 Å². The van der Waals surface area contributed by atoms with Gasteiger partial charge >= 0.3 is 6.03 Å². The lowest BCUT2D eigenvalue weighted by Crippen LogP contribution is -2.24. The van der Waals surface area contributed by atoms with Gasteiger partial charge in [0.25, 0.3) is 0 Å². The molecule has 2 amide bonds. The number of aryl methyl sites for hydroxylation is 1. The summed E-state index contributed by atoms with van der Waals surface area (Å²) in [6.07, 6.45) is 4.04. The van der Waals surface area contributed by atoms with Crippen molar-refractivity contribution in [3.05, 3.63) is 78.5 Å². The van der Waals surface area contributed by atoms with Crippen LogP contribution < -0.4 is 15.5 Å². The second-order valence-corrected chi connectivity index (χ2v) is 6.23. The summed E-state index contributed by atoms with van der Waals surface area (Å²) < 4.78 is 0. The fourth-order valence-electron chi connectivity index (χ4n) is 3.22. The lowest BCUT2D eigenvalue weighted by Gasteiger charge is -2.31. The van der Waals surface area contributed by atoms with E-state index in [2.05, 4.69) is 44.8 Å². The van der Waals surface area contributed by atoms with Crippen molar-refractivity contribution in [3.63, 3.8) is 0 Å². The van der Waals surface area contributed by atoms with E-state index in [9.17, 15) is 4.79 Å². The maximum Gasteiger partial charge on any atom is 0.324 e. The van der Waals surface area contributed by atoms with Gasteiger partial charge in [-0.3, -0.25) is 5.32 Å². The Morgan fingerprint density at radius 1 is 0.923 bits per heavy atom. The maximum absolute atomic E-state index is 12.1. The molecule has 0 radical (unpaired) electrons. The van der Waals surface area contributed by atoms with Gasteiger partial charge in [0, 0.05) is 17.9 Å². The zero-order valence-electron chi connectivity index (χ0n) is 14.4. The molecule has 5 heteroatoms. The van der Waals surface area contributed by atoms with Gasteiger partial charge in [-0.2, -0.15) is 0 Å². The minimum atomic E-state index is -0.306. The molecule has 2 heterocycles. The highest BCUT2D eigenvalue weighted by molar-refractivity contribution is 5.99. The number of nitrogens with zero attached hydrogens (tertiary/aromatic N) is 2. The van der Waals surface area contributed by atoms with Gasteiger partial charge in [-0.15, -0.1) is 0 Å². The smallest absolute Gasteiger partial charge is 0.324 e. The molecular formula is C21H20N4O. The van der Waals surface area contributed by atoms with E-state index in [1.807, 2.05) is 42.5 Å². The van der Waals surface area contributed by atoms with Crippen molar-refractivity contribution in [2.24, 2.45) is 0 Å². The first-order valence-electron chi connectivity index (χ1n) is 8.74. The monoisotopic (exact) mass is 344 g/mol. The standard InChI is InChI=1S/C21H20N4O/c26-21(23-17-9-2-1-3-10-17)24-20-13-12-18(15-22-20)25-14-6-8-16-7-4-5-11-19(16)25/h1-5,7,9-13,15H,6,8,14H2,(H2,22,23,24,26). The Labute approximate surface area is 152 Å². The van der Waals surface area contributed by atoms with Crippen molar-refractivity contribution in [3.8, 4) is 0 Å². The van der Waals surface area contributed by atoms with Crippen LogP contribution in [0.15, 0.2) is 72.9 Å². The van der Waals surface area contributed by atoms with Crippen LogP contribution in [0.25, 0.3) is 0 Å². The third-order valence-corrected chi connectivity index (χ3v) is 4.44. The largest absolute Gasteiger partial charge is 0.340 e. The molecule has 2 aromatic carbocycles. The van der Waals surface area contributed by atoms with Crippen LogP contribution in [0.3, 0.4) is 0 Å². The van der Waals surface area contributed by atoms with Crippen molar-refractivity contribution in [1.82, 2.24) is 4.98 Å². The molecule has 3 aromatic rings. The average Bonchev–Trinajstić information content (AvgIpc) is 2.69. The zero-order valence-corrected chi connectivity index (χ0v) is 14.4. The molecule has 5 nitrogen and oxygen atoms in total. The number of hydrogen-bond donors (Lipinski definition) is 2. The van der Waals surface area contributed by atoms with Gasteiger partial charge in [0.05, 0.1) is 11.9 Å². The Hall–Kier alpha value is -3.34. The highest BCUT2D eigenvalue weighted by Gasteiger charge is 2.17.